The number of fused-ring (bicyclic) bond motifs is 2. The largest absolute Gasteiger partial charge is 0.476 e. The number of ether oxygens (including phenoxy) is 2. The first kappa shape index (κ1) is 58.9. The van der Waals surface area contributed by atoms with Gasteiger partial charge in [0, 0.05) is 93.9 Å². The molecule has 3 N–H and O–H groups in total. The van der Waals surface area contributed by atoms with Crippen LogP contribution in [0.5, 0.6) is 11.5 Å². The maximum absolute atomic E-state index is 15.5. The minimum Gasteiger partial charge on any atom is -0.476 e. The van der Waals surface area contributed by atoms with Crippen LogP contribution >= 0.6 is 0 Å². The molecule has 8 rings (SSSR count). The Bertz CT molecular complexity index is 2960. The topological polar surface area (TPSA) is 155 Å². The first-order valence-corrected chi connectivity index (χ1v) is 26.5. The second kappa shape index (κ2) is 24.1. The molecule has 0 spiro atoms. The molecule has 0 aromatic heterocycles. The molecule has 4 atom stereocenters. The third kappa shape index (κ3) is 11.9. The lowest BCUT2D eigenvalue weighted by atomic mass is 9.78. The van der Waals surface area contributed by atoms with Gasteiger partial charge in [-0.05, 0) is 103 Å². The van der Waals surface area contributed by atoms with E-state index in [1.807, 2.05) is 0 Å². The molecule has 2 heterocycles. The number of halogens is 8. The van der Waals surface area contributed by atoms with Gasteiger partial charge in [-0.2, -0.15) is 0 Å². The molecule has 0 saturated heterocycles. The maximum Gasteiger partial charge on any atom is 0.270 e. The van der Waals surface area contributed by atoms with Crippen molar-refractivity contribution in [3.05, 3.63) is 117 Å². The van der Waals surface area contributed by atoms with Gasteiger partial charge in [-0.3, -0.25) is 24.0 Å². The number of likely N-dealkylation sites (N-methyl/N-ethyl adjacent to an activating group) is 2. The van der Waals surface area contributed by atoms with Gasteiger partial charge in [-0.15, -0.1) is 0 Å². The van der Waals surface area contributed by atoms with Crippen LogP contribution in [0.2, 0.25) is 0 Å². The third-order valence-corrected chi connectivity index (χ3v) is 15.1. The summed E-state index contributed by atoms with van der Waals surface area (Å²) in [5.41, 5.74) is 2.98. The molecule has 2 aliphatic heterocycles. The van der Waals surface area contributed by atoms with Crippen molar-refractivity contribution in [3.8, 4) is 11.5 Å². The smallest absolute Gasteiger partial charge is 0.270 e. The van der Waals surface area contributed by atoms with Crippen LogP contribution in [0.3, 0.4) is 0 Å². The van der Waals surface area contributed by atoms with Crippen molar-refractivity contribution in [1.29, 1.82) is 0 Å². The van der Waals surface area contributed by atoms with Gasteiger partial charge >= 0.3 is 0 Å². The van der Waals surface area contributed by atoms with Crippen molar-refractivity contribution in [2.45, 2.75) is 141 Å². The van der Waals surface area contributed by atoms with E-state index in [2.05, 4.69) is 5.32 Å². The first-order chi connectivity index (χ1) is 36.9. The van der Waals surface area contributed by atoms with Crippen LogP contribution in [0.1, 0.15) is 150 Å². The fourth-order valence-corrected chi connectivity index (χ4v) is 11.2. The second-order valence-corrected chi connectivity index (χ2v) is 20.9. The van der Waals surface area contributed by atoms with E-state index in [9.17, 15) is 50.3 Å². The highest BCUT2D eigenvalue weighted by molar-refractivity contribution is 6.05. The molecule has 4 aromatic rings. The number of nitrogens with zero attached hydrogens (tertiary/aromatic N) is 4. The van der Waals surface area contributed by atoms with Crippen LogP contribution in [0.15, 0.2) is 48.5 Å². The van der Waals surface area contributed by atoms with Gasteiger partial charge in [0.2, 0.25) is 5.91 Å². The van der Waals surface area contributed by atoms with Crippen molar-refractivity contribution in [2.24, 2.45) is 5.73 Å². The number of anilines is 2. The van der Waals surface area contributed by atoms with Gasteiger partial charge in [-0.1, -0.05) is 32.6 Å². The third-order valence-electron chi connectivity index (χ3n) is 15.1. The molecule has 422 valence electrons. The number of nitrogens with one attached hydrogen (secondary N) is 1. The SMILES string of the molecule is CCC(=O)NCCN1C(=O)C(C)(C)Oc2cc(F)c(C(=O)N(CC)[C@@H]3CCCC[C@H]3c3cc(F)c(F)cc3F)cc21.CCN(C(=O)c1cc2c(cc1F)OC(C)(C)C(=O)N2CCN)[C@@H]1CCCC[C@H]1c1cc(F)c(F)cc1F. The quantitative estimate of drug-likeness (QED) is 0.0934. The van der Waals surface area contributed by atoms with Gasteiger partial charge in [0.25, 0.3) is 23.6 Å². The summed E-state index contributed by atoms with van der Waals surface area (Å²) in [6.07, 6.45) is 5.02. The Morgan fingerprint density at radius 3 is 1.33 bits per heavy atom. The molecule has 0 radical (unpaired) electrons. The summed E-state index contributed by atoms with van der Waals surface area (Å²) in [6.45, 7) is 12.2. The summed E-state index contributed by atoms with van der Waals surface area (Å²) in [7, 11) is 0. The average molecular weight is 1100 g/mol. The Kier molecular flexibility index (Phi) is 18.2. The van der Waals surface area contributed by atoms with Gasteiger partial charge in [0.1, 0.15) is 34.8 Å². The zero-order valence-electron chi connectivity index (χ0n) is 44.8. The molecule has 13 nitrogen and oxygen atoms in total. The van der Waals surface area contributed by atoms with E-state index in [1.165, 1.54) is 31.7 Å². The van der Waals surface area contributed by atoms with Crippen molar-refractivity contribution < 1.29 is 68.6 Å². The van der Waals surface area contributed by atoms with Crippen LogP contribution in [0, 0.1) is 46.5 Å². The molecule has 0 bridgehead atoms. The lowest BCUT2D eigenvalue weighted by Gasteiger charge is -2.41. The fourth-order valence-electron chi connectivity index (χ4n) is 11.2. The molecule has 0 unspecified atom stereocenters. The zero-order chi connectivity index (χ0) is 57.1. The molecule has 2 saturated carbocycles. The number of rotatable bonds is 14. The van der Waals surface area contributed by atoms with E-state index in [4.69, 9.17) is 15.2 Å². The Hall–Kier alpha value is -6.77. The first-order valence-electron chi connectivity index (χ1n) is 26.5. The second-order valence-electron chi connectivity index (χ2n) is 20.9. The van der Waals surface area contributed by atoms with Crippen LogP contribution < -0.4 is 30.3 Å². The predicted molar refractivity (Wildman–Crippen MR) is 275 cm³/mol. The highest BCUT2D eigenvalue weighted by Crippen LogP contribution is 2.44. The summed E-state index contributed by atoms with van der Waals surface area (Å²) in [4.78, 5) is 71.2. The lowest BCUT2D eigenvalue weighted by molar-refractivity contribution is -0.133. The standard InChI is InChI=1S/C30H35F4N3O4.C27H31F4N3O3/c1-5-27(38)35-11-12-37-25-14-19(21(32)16-26(25)41-30(3,4)29(37)40)28(39)36(6-2)24-10-8-7-9-17(24)18-13-22(33)23(34)15-20(18)31;1-4-33(22-8-6-5-7-15(22)16-11-20(30)21(31)13-18(16)28)25(35)17-12-23-24(14-19(17)29)37-27(2,3)26(36)34(23)10-9-32/h13-17,24H,5-12H2,1-4H3,(H,35,38);11-15,22H,4-10,32H2,1-3H3/t17-,24+;15-,22+/m00/s1. The molecule has 5 amide bonds. The fraction of sp³-hybridized carbons (Fsp3) is 0.491. The Morgan fingerprint density at radius 1 is 0.564 bits per heavy atom. The molecule has 78 heavy (non-hydrogen) atoms. The number of benzene rings is 4. The zero-order valence-corrected chi connectivity index (χ0v) is 44.8. The summed E-state index contributed by atoms with van der Waals surface area (Å²) in [5, 5.41) is 2.71. The molecular weight excluding hydrogens is 1030 g/mol. The number of carbonyl (C=O) groups is 5. The summed E-state index contributed by atoms with van der Waals surface area (Å²) in [6, 6.07) is 6.26. The van der Waals surface area contributed by atoms with Crippen LogP contribution in [-0.4, -0.2) is 102 Å². The van der Waals surface area contributed by atoms with E-state index < -0.39 is 99.4 Å². The summed E-state index contributed by atoms with van der Waals surface area (Å²) < 4.78 is 127. The lowest BCUT2D eigenvalue weighted by Crippen LogP contribution is -2.54. The minimum absolute atomic E-state index is 0.00360. The number of hydrogen-bond acceptors (Lipinski definition) is 8. The number of carbonyl (C=O) groups excluding carboxylic acids is 5. The van der Waals surface area contributed by atoms with Crippen molar-refractivity contribution >= 4 is 40.9 Å². The average Bonchev–Trinajstić information content (AvgIpc) is 3.40. The van der Waals surface area contributed by atoms with Crippen molar-refractivity contribution in [3.63, 3.8) is 0 Å². The van der Waals surface area contributed by atoms with E-state index >= 15 is 8.78 Å². The van der Waals surface area contributed by atoms with Gasteiger partial charge < -0.3 is 40.1 Å². The minimum atomic E-state index is -1.31. The number of amides is 5. The van der Waals surface area contributed by atoms with E-state index in [0.29, 0.717) is 44.2 Å². The van der Waals surface area contributed by atoms with Gasteiger partial charge in [0.05, 0.1) is 22.5 Å². The number of hydrogen-bond donors (Lipinski definition) is 2. The molecule has 4 aromatic carbocycles. The molecule has 2 aliphatic carbocycles. The summed E-state index contributed by atoms with van der Waals surface area (Å²) >= 11 is 0. The van der Waals surface area contributed by atoms with Crippen LogP contribution in [0.25, 0.3) is 0 Å². The van der Waals surface area contributed by atoms with E-state index in [1.54, 1.807) is 48.5 Å². The molecule has 21 heteroatoms. The maximum atomic E-state index is 15.5. The molecular formula is C57H66F8N6O7. The van der Waals surface area contributed by atoms with Gasteiger partial charge in [-0.25, -0.2) is 35.1 Å². The summed E-state index contributed by atoms with van der Waals surface area (Å²) in [5.74, 6) is -11.7. The number of nitrogens with two attached hydrogens (primary N) is 1. The normalized spacial score (nSPS) is 20.3. The van der Waals surface area contributed by atoms with Crippen molar-refractivity contribution in [1.82, 2.24) is 15.1 Å². The van der Waals surface area contributed by atoms with Crippen molar-refractivity contribution in [2.75, 3.05) is 49.1 Å². The highest BCUT2D eigenvalue weighted by atomic mass is 19.2. The van der Waals surface area contributed by atoms with Gasteiger partial charge in [0.15, 0.2) is 34.5 Å². The molecule has 2 fully saturated rings. The molecule has 4 aliphatic rings. The highest BCUT2D eigenvalue weighted by Gasteiger charge is 2.45. The van der Waals surface area contributed by atoms with E-state index in [-0.39, 0.29) is 103 Å². The van der Waals surface area contributed by atoms with Crippen LogP contribution in [0.4, 0.5) is 46.5 Å². The Balaban J connectivity index is 0.000000227. The monoisotopic (exact) mass is 1100 g/mol. The Labute approximate surface area is 448 Å². The predicted octanol–water partition coefficient (Wildman–Crippen LogP) is 10.4. The Morgan fingerprint density at radius 2 is 0.949 bits per heavy atom. The van der Waals surface area contributed by atoms with E-state index in [0.717, 1.165) is 43.5 Å². The van der Waals surface area contributed by atoms with Crippen LogP contribution in [-0.2, 0) is 14.4 Å².